The lowest BCUT2D eigenvalue weighted by Gasteiger charge is -2.24. The molecule has 19 heavy (non-hydrogen) atoms. The van der Waals surface area contributed by atoms with Crippen LogP contribution in [0.3, 0.4) is 0 Å². The summed E-state index contributed by atoms with van der Waals surface area (Å²) in [5.41, 5.74) is 0. The third-order valence-corrected chi connectivity index (χ3v) is 3.71. The summed E-state index contributed by atoms with van der Waals surface area (Å²) >= 11 is 0. The van der Waals surface area contributed by atoms with Crippen LogP contribution in [0.5, 0.6) is 0 Å². The average Bonchev–Trinajstić information content (AvgIpc) is 2.81. The molecule has 0 heterocycles. The van der Waals surface area contributed by atoms with E-state index in [0.29, 0.717) is 6.42 Å². The van der Waals surface area contributed by atoms with Crippen LogP contribution in [0.15, 0.2) is 0 Å². The van der Waals surface area contributed by atoms with Crippen LogP contribution in [0.1, 0.15) is 19.3 Å². The maximum atomic E-state index is 12.3. The van der Waals surface area contributed by atoms with E-state index in [1.165, 1.54) is 0 Å². The summed E-state index contributed by atoms with van der Waals surface area (Å²) in [4.78, 5) is 22.8. The molecule has 2 rings (SSSR count). The summed E-state index contributed by atoms with van der Waals surface area (Å²) in [6, 6.07) is 0. The van der Waals surface area contributed by atoms with Crippen molar-refractivity contribution in [3.05, 3.63) is 0 Å². The predicted octanol–water partition coefficient (Wildman–Crippen LogP) is 2.34. The molecule has 2 aliphatic rings. The van der Waals surface area contributed by atoms with Crippen LogP contribution >= 0.6 is 0 Å². The van der Waals surface area contributed by atoms with Crippen LogP contribution in [-0.2, 0) is 14.3 Å². The van der Waals surface area contributed by atoms with Crippen molar-refractivity contribution < 1.29 is 36.3 Å². The van der Waals surface area contributed by atoms with Gasteiger partial charge in [-0.25, -0.2) is 8.78 Å². The van der Waals surface area contributed by atoms with E-state index >= 15 is 0 Å². The van der Waals surface area contributed by atoms with Crippen molar-refractivity contribution in [2.24, 2.45) is 17.8 Å². The van der Waals surface area contributed by atoms with Crippen LogP contribution in [-0.4, -0.2) is 30.5 Å². The molecule has 2 bridgehead atoms. The van der Waals surface area contributed by atoms with E-state index in [4.69, 9.17) is 0 Å². The van der Waals surface area contributed by atoms with Crippen LogP contribution in [0.4, 0.5) is 22.0 Å². The first kappa shape index (κ1) is 14.2. The Hall–Kier alpha value is -1.21. The Bertz CT molecular complexity index is 392. The van der Waals surface area contributed by atoms with Crippen molar-refractivity contribution in [1.29, 1.82) is 0 Å². The van der Waals surface area contributed by atoms with E-state index in [-0.39, 0.29) is 30.5 Å². The molecule has 2 aliphatic carbocycles. The SMILES string of the molecule is O=C1CC2CC1CC2C(=O)OC(C(F)F)C(F)(F)F. The standard InChI is InChI=1S/C11H11F5O3/c12-9(13)8(11(14,15)16)19-10(18)6-2-5-1-4(6)3-7(5)17/h4-6,8-9H,1-3H2. The minimum atomic E-state index is -5.29. The van der Waals surface area contributed by atoms with Gasteiger partial charge in [-0.05, 0) is 18.8 Å². The third kappa shape index (κ3) is 2.71. The topological polar surface area (TPSA) is 43.4 Å². The minimum Gasteiger partial charge on any atom is -0.446 e. The first-order chi connectivity index (χ1) is 8.70. The molecule has 0 N–H and O–H groups in total. The zero-order valence-corrected chi connectivity index (χ0v) is 9.62. The number of alkyl halides is 5. The number of ketones is 1. The van der Waals surface area contributed by atoms with Gasteiger partial charge >= 0.3 is 12.1 Å². The number of hydrogen-bond acceptors (Lipinski definition) is 3. The number of hydrogen-bond donors (Lipinski definition) is 0. The Kier molecular flexibility index (Phi) is 3.53. The molecule has 3 nitrogen and oxygen atoms in total. The fourth-order valence-corrected chi connectivity index (χ4v) is 2.80. The van der Waals surface area contributed by atoms with Gasteiger partial charge in [0.05, 0.1) is 5.92 Å². The van der Waals surface area contributed by atoms with Crippen molar-refractivity contribution in [2.45, 2.75) is 38.0 Å². The van der Waals surface area contributed by atoms with E-state index in [9.17, 15) is 31.5 Å². The second kappa shape index (κ2) is 4.72. The monoisotopic (exact) mass is 286 g/mol. The van der Waals surface area contributed by atoms with Crippen molar-refractivity contribution >= 4 is 11.8 Å². The molecule has 0 radical (unpaired) electrons. The summed E-state index contributed by atoms with van der Waals surface area (Å²) < 4.78 is 65.2. The minimum absolute atomic E-state index is 0.0183. The summed E-state index contributed by atoms with van der Waals surface area (Å²) in [7, 11) is 0. The highest BCUT2D eigenvalue weighted by molar-refractivity contribution is 5.87. The highest BCUT2D eigenvalue weighted by Gasteiger charge is 2.53. The quantitative estimate of drug-likeness (QED) is 0.591. The number of ether oxygens (including phenoxy) is 1. The van der Waals surface area contributed by atoms with Gasteiger partial charge in [0.15, 0.2) is 0 Å². The van der Waals surface area contributed by atoms with Gasteiger partial charge in [0, 0.05) is 12.3 Å². The molecule has 2 fully saturated rings. The summed E-state index contributed by atoms with van der Waals surface area (Å²) in [5.74, 6) is -2.86. The van der Waals surface area contributed by atoms with Gasteiger partial charge in [0.25, 0.3) is 12.5 Å². The highest BCUT2D eigenvalue weighted by Crippen LogP contribution is 2.47. The fourth-order valence-electron chi connectivity index (χ4n) is 2.80. The lowest BCUT2D eigenvalue weighted by molar-refractivity contribution is -0.251. The van der Waals surface area contributed by atoms with E-state index < -0.39 is 30.6 Å². The molecule has 0 spiro atoms. The Morgan fingerprint density at radius 2 is 1.89 bits per heavy atom. The lowest BCUT2D eigenvalue weighted by atomic mass is 9.88. The molecule has 108 valence electrons. The molecule has 4 unspecified atom stereocenters. The van der Waals surface area contributed by atoms with Crippen molar-refractivity contribution in [3.8, 4) is 0 Å². The number of fused-ring (bicyclic) bond motifs is 2. The molecular formula is C11H11F5O3. The smallest absolute Gasteiger partial charge is 0.431 e. The summed E-state index contributed by atoms with van der Waals surface area (Å²) in [5, 5.41) is 0. The van der Waals surface area contributed by atoms with Crippen LogP contribution in [0, 0.1) is 17.8 Å². The number of rotatable bonds is 3. The second-order valence-electron chi connectivity index (χ2n) is 4.94. The first-order valence-electron chi connectivity index (χ1n) is 5.78. The van der Waals surface area contributed by atoms with Crippen molar-refractivity contribution in [1.82, 2.24) is 0 Å². The largest absolute Gasteiger partial charge is 0.446 e. The molecule has 8 heteroatoms. The molecule has 2 saturated carbocycles. The lowest BCUT2D eigenvalue weighted by Crippen LogP contribution is -2.42. The number of esters is 1. The number of carbonyl (C=O) groups excluding carboxylic acids is 2. The van der Waals surface area contributed by atoms with Gasteiger partial charge < -0.3 is 4.74 Å². The van der Waals surface area contributed by atoms with Gasteiger partial charge in [-0.15, -0.1) is 0 Å². The summed E-state index contributed by atoms with van der Waals surface area (Å²) in [6.07, 6.45) is -11.8. The molecule has 0 aromatic rings. The molecule has 4 atom stereocenters. The Morgan fingerprint density at radius 1 is 1.26 bits per heavy atom. The molecular weight excluding hydrogens is 275 g/mol. The van der Waals surface area contributed by atoms with Gasteiger partial charge in [0.1, 0.15) is 5.78 Å². The second-order valence-corrected chi connectivity index (χ2v) is 4.94. The molecule has 0 aliphatic heterocycles. The molecule has 0 aromatic heterocycles. The Labute approximate surface area is 105 Å². The Balaban J connectivity index is 2.00. The van der Waals surface area contributed by atoms with E-state index in [1.54, 1.807) is 0 Å². The zero-order chi connectivity index (χ0) is 14.4. The molecule has 0 amide bonds. The van der Waals surface area contributed by atoms with Crippen LogP contribution in [0.25, 0.3) is 0 Å². The van der Waals surface area contributed by atoms with Crippen molar-refractivity contribution in [2.75, 3.05) is 0 Å². The predicted molar refractivity (Wildman–Crippen MR) is 51.3 cm³/mol. The number of halogens is 5. The van der Waals surface area contributed by atoms with Crippen LogP contribution < -0.4 is 0 Å². The maximum absolute atomic E-state index is 12.3. The Morgan fingerprint density at radius 3 is 2.26 bits per heavy atom. The number of carbonyl (C=O) groups is 2. The third-order valence-electron chi connectivity index (χ3n) is 3.71. The average molecular weight is 286 g/mol. The van der Waals surface area contributed by atoms with Crippen molar-refractivity contribution in [3.63, 3.8) is 0 Å². The van der Waals surface area contributed by atoms with Gasteiger partial charge in [-0.1, -0.05) is 0 Å². The highest BCUT2D eigenvalue weighted by atomic mass is 19.4. The maximum Gasteiger partial charge on any atom is 0.431 e. The first-order valence-corrected chi connectivity index (χ1v) is 5.78. The van der Waals surface area contributed by atoms with Gasteiger partial charge in [-0.3, -0.25) is 9.59 Å². The van der Waals surface area contributed by atoms with E-state index in [1.807, 2.05) is 0 Å². The van der Waals surface area contributed by atoms with Crippen LogP contribution in [0.2, 0.25) is 0 Å². The molecule has 0 saturated heterocycles. The zero-order valence-electron chi connectivity index (χ0n) is 9.62. The normalized spacial score (nSPS) is 31.9. The van der Waals surface area contributed by atoms with Gasteiger partial charge in [-0.2, -0.15) is 13.2 Å². The number of Topliss-reactive ketones (excluding diaryl/α,β-unsaturated/α-hetero) is 1. The summed E-state index contributed by atoms with van der Waals surface area (Å²) in [6.45, 7) is 0. The van der Waals surface area contributed by atoms with E-state index in [2.05, 4.69) is 4.74 Å². The fraction of sp³-hybridized carbons (Fsp3) is 0.818. The van der Waals surface area contributed by atoms with E-state index in [0.717, 1.165) is 0 Å². The molecule has 0 aromatic carbocycles. The van der Waals surface area contributed by atoms with Gasteiger partial charge in [0.2, 0.25) is 0 Å².